The summed E-state index contributed by atoms with van der Waals surface area (Å²) in [5.41, 5.74) is 2.80. The lowest BCUT2D eigenvalue weighted by Gasteiger charge is -2.24. The second-order valence-electron chi connectivity index (χ2n) is 5.11. The van der Waals surface area contributed by atoms with Gasteiger partial charge in [0.25, 0.3) is 0 Å². The van der Waals surface area contributed by atoms with Crippen LogP contribution in [0.3, 0.4) is 0 Å². The molecular formula is C17H23N. The van der Waals surface area contributed by atoms with Crippen LogP contribution in [0.4, 0.5) is 0 Å². The van der Waals surface area contributed by atoms with Gasteiger partial charge in [-0.05, 0) is 50.4 Å². The van der Waals surface area contributed by atoms with Crippen molar-refractivity contribution in [2.75, 3.05) is 13.1 Å². The van der Waals surface area contributed by atoms with Crippen molar-refractivity contribution in [3.8, 4) is 0 Å². The predicted molar refractivity (Wildman–Crippen MR) is 78.5 cm³/mol. The minimum absolute atomic E-state index is 1.05. The minimum atomic E-state index is 1.05. The first kappa shape index (κ1) is 12.9. The van der Waals surface area contributed by atoms with Crippen molar-refractivity contribution in [1.29, 1.82) is 0 Å². The topological polar surface area (TPSA) is 3.24 Å². The Bertz CT molecular complexity index is 397. The summed E-state index contributed by atoms with van der Waals surface area (Å²) in [5, 5.41) is 0. The first-order valence-corrected chi connectivity index (χ1v) is 6.96. The van der Waals surface area contributed by atoms with Gasteiger partial charge in [0.05, 0.1) is 0 Å². The molecule has 0 spiro atoms. The van der Waals surface area contributed by atoms with E-state index in [2.05, 4.69) is 60.5 Å². The number of likely N-dealkylation sites (tertiary alicyclic amines) is 1. The third-order valence-electron chi connectivity index (χ3n) is 3.39. The molecular weight excluding hydrogens is 218 g/mol. The zero-order chi connectivity index (χ0) is 12.6. The number of nitrogens with zero attached hydrogens (tertiary/aromatic N) is 1. The molecule has 0 N–H and O–H groups in total. The first-order chi connectivity index (χ1) is 8.84. The van der Waals surface area contributed by atoms with Crippen LogP contribution in [0.5, 0.6) is 0 Å². The van der Waals surface area contributed by atoms with Gasteiger partial charge in [0.1, 0.15) is 0 Å². The maximum Gasteiger partial charge on any atom is 0.0172 e. The Morgan fingerprint density at radius 3 is 2.56 bits per heavy atom. The second kappa shape index (κ2) is 7.05. The molecule has 18 heavy (non-hydrogen) atoms. The number of rotatable bonds is 4. The van der Waals surface area contributed by atoms with Crippen LogP contribution >= 0.6 is 0 Å². The van der Waals surface area contributed by atoms with Crippen LogP contribution in [0.2, 0.25) is 0 Å². The Labute approximate surface area is 111 Å². The summed E-state index contributed by atoms with van der Waals surface area (Å²) in [6.07, 6.45) is 11.8. The first-order valence-electron chi connectivity index (χ1n) is 6.96. The summed E-state index contributed by atoms with van der Waals surface area (Å²) < 4.78 is 0. The molecule has 0 aliphatic carbocycles. The normalized spacial score (nSPS) is 17.4. The van der Waals surface area contributed by atoms with Crippen molar-refractivity contribution in [1.82, 2.24) is 4.90 Å². The Balaban J connectivity index is 1.83. The summed E-state index contributed by atoms with van der Waals surface area (Å²) in [6, 6.07) is 10.6. The monoisotopic (exact) mass is 241 g/mol. The van der Waals surface area contributed by atoms with Crippen molar-refractivity contribution in [2.24, 2.45) is 0 Å². The van der Waals surface area contributed by atoms with Crippen LogP contribution in [-0.2, 0) is 6.42 Å². The zero-order valence-corrected chi connectivity index (χ0v) is 11.3. The maximum atomic E-state index is 2.43. The molecule has 1 fully saturated rings. The van der Waals surface area contributed by atoms with E-state index in [0.29, 0.717) is 0 Å². The molecule has 0 atom stereocenters. The van der Waals surface area contributed by atoms with E-state index in [1.165, 1.54) is 43.5 Å². The lowest BCUT2D eigenvalue weighted by atomic mass is 10.1. The molecule has 1 aliphatic heterocycles. The Morgan fingerprint density at radius 1 is 1.11 bits per heavy atom. The van der Waals surface area contributed by atoms with Gasteiger partial charge in [0, 0.05) is 13.1 Å². The van der Waals surface area contributed by atoms with Crippen LogP contribution in [0.1, 0.15) is 31.7 Å². The zero-order valence-electron chi connectivity index (χ0n) is 11.3. The highest BCUT2D eigenvalue weighted by atomic mass is 15.1. The quantitative estimate of drug-likeness (QED) is 0.715. The average molecular weight is 241 g/mol. The Kier molecular flexibility index (Phi) is 5.07. The molecule has 1 heteroatoms. The standard InChI is InChI=1S/C17H23N/c1-16(15-17-10-4-2-5-11-17)9-8-14-18-12-6-3-7-13-18/h2,4-5,8-11,14H,3,6-7,12-13,15H2,1H3/b14-8+,16-9+. The van der Waals surface area contributed by atoms with Gasteiger partial charge in [-0.15, -0.1) is 0 Å². The lowest BCUT2D eigenvalue weighted by Crippen LogP contribution is -2.23. The van der Waals surface area contributed by atoms with Gasteiger partial charge in [0.2, 0.25) is 0 Å². The third kappa shape index (κ3) is 4.40. The van der Waals surface area contributed by atoms with Gasteiger partial charge in [-0.2, -0.15) is 0 Å². The summed E-state index contributed by atoms with van der Waals surface area (Å²) in [7, 11) is 0. The maximum absolute atomic E-state index is 2.43. The molecule has 1 saturated heterocycles. The van der Waals surface area contributed by atoms with Crippen LogP contribution in [0.15, 0.2) is 54.3 Å². The number of benzene rings is 1. The molecule has 0 aromatic heterocycles. The molecule has 2 rings (SSSR count). The predicted octanol–water partition coefficient (Wildman–Crippen LogP) is 4.18. The number of piperidine rings is 1. The van der Waals surface area contributed by atoms with E-state index in [1.54, 1.807) is 0 Å². The summed E-state index contributed by atoms with van der Waals surface area (Å²) in [4.78, 5) is 2.43. The summed E-state index contributed by atoms with van der Waals surface area (Å²) in [6.45, 7) is 4.65. The van der Waals surface area contributed by atoms with Crippen LogP contribution in [0, 0.1) is 0 Å². The fraction of sp³-hybridized carbons (Fsp3) is 0.412. The smallest absolute Gasteiger partial charge is 0.0172 e. The van der Waals surface area contributed by atoms with Crippen molar-refractivity contribution < 1.29 is 0 Å². The summed E-state index contributed by atoms with van der Waals surface area (Å²) in [5.74, 6) is 0. The fourth-order valence-electron chi connectivity index (χ4n) is 2.37. The second-order valence-corrected chi connectivity index (χ2v) is 5.11. The number of hydrogen-bond acceptors (Lipinski definition) is 1. The fourth-order valence-corrected chi connectivity index (χ4v) is 2.37. The molecule has 0 unspecified atom stereocenters. The van der Waals surface area contributed by atoms with Gasteiger partial charge >= 0.3 is 0 Å². The van der Waals surface area contributed by atoms with Crippen LogP contribution < -0.4 is 0 Å². The highest BCUT2D eigenvalue weighted by Crippen LogP contribution is 2.10. The molecule has 1 aromatic rings. The molecule has 0 saturated carbocycles. The van der Waals surface area contributed by atoms with Crippen molar-refractivity contribution in [2.45, 2.75) is 32.6 Å². The van der Waals surface area contributed by atoms with E-state index in [1.807, 2.05) is 0 Å². The highest BCUT2D eigenvalue weighted by molar-refractivity contribution is 5.23. The van der Waals surface area contributed by atoms with Crippen molar-refractivity contribution in [3.05, 3.63) is 59.8 Å². The third-order valence-corrected chi connectivity index (χ3v) is 3.39. The largest absolute Gasteiger partial charge is 0.377 e. The van der Waals surface area contributed by atoms with Gasteiger partial charge in [-0.25, -0.2) is 0 Å². The average Bonchev–Trinajstić information content (AvgIpc) is 2.41. The van der Waals surface area contributed by atoms with Gasteiger partial charge in [0.15, 0.2) is 0 Å². The highest BCUT2D eigenvalue weighted by Gasteiger charge is 2.04. The van der Waals surface area contributed by atoms with Gasteiger partial charge in [-0.3, -0.25) is 0 Å². The molecule has 0 radical (unpaired) electrons. The van der Waals surface area contributed by atoms with E-state index < -0.39 is 0 Å². The molecule has 0 amide bonds. The van der Waals surface area contributed by atoms with E-state index in [9.17, 15) is 0 Å². The molecule has 0 bridgehead atoms. The molecule has 1 heterocycles. The van der Waals surface area contributed by atoms with E-state index in [0.717, 1.165) is 6.42 Å². The van der Waals surface area contributed by atoms with E-state index in [-0.39, 0.29) is 0 Å². The van der Waals surface area contributed by atoms with E-state index in [4.69, 9.17) is 0 Å². The SMILES string of the molecule is C/C(=C\C=C\N1CCCCC1)Cc1ccccc1. The van der Waals surface area contributed by atoms with Gasteiger partial charge in [-0.1, -0.05) is 42.0 Å². The number of hydrogen-bond donors (Lipinski definition) is 0. The Hall–Kier alpha value is -1.50. The molecule has 1 aromatic carbocycles. The van der Waals surface area contributed by atoms with Crippen LogP contribution in [0.25, 0.3) is 0 Å². The lowest BCUT2D eigenvalue weighted by molar-refractivity contribution is 0.309. The number of allylic oxidation sites excluding steroid dienone is 3. The molecule has 96 valence electrons. The van der Waals surface area contributed by atoms with Crippen molar-refractivity contribution >= 4 is 0 Å². The minimum Gasteiger partial charge on any atom is -0.377 e. The Morgan fingerprint density at radius 2 is 1.83 bits per heavy atom. The summed E-state index contributed by atoms with van der Waals surface area (Å²) >= 11 is 0. The van der Waals surface area contributed by atoms with E-state index >= 15 is 0 Å². The van der Waals surface area contributed by atoms with Crippen LogP contribution in [-0.4, -0.2) is 18.0 Å². The molecule has 1 aliphatic rings. The van der Waals surface area contributed by atoms with Crippen molar-refractivity contribution in [3.63, 3.8) is 0 Å². The van der Waals surface area contributed by atoms with Gasteiger partial charge < -0.3 is 4.90 Å². The molecule has 1 nitrogen and oxygen atoms in total.